The maximum Gasteiger partial charge on any atom is 0.207 e. The van der Waals surface area contributed by atoms with E-state index >= 15 is 0 Å². The van der Waals surface area contributed by atoms with Crippen LogP contribution in [-0.2, 0) is 25.4 Å². The van der Waals surface area contributed by atoms with E-state index < -0.39 is 16.4 Å². The molecule has 1 unspecified atom stereocenters. The lowest BCUT2D eigenvalue weighted by Crippen LogP contribution is -2.47. The van der Waals surface area contributed by atoms with Gasteiger partial charge in [0.05, 0.1) is 41.6 Å². The van der Waals surface area contributed by atoms with Crippen LogP contribution in [0, 0.1) is 0 Å². The van der Waals surface area contributed by atoms with Crippen molar-refractivity contribution >= 4 is 45.1 Å². The average Bonchev–Trinajstić information content (AvgIpc) is 3.69. The first-order chi connectivity index (χ1) is 22.2. The average molecular weight is 693 g/mol. The first-order valence-corrected chi connectivity index (χ1v) is 23.7. The number of aromatic nitrogens is 3. The van der Waals surface area contributed by atoms with E-state index in [-0.39, 0.29) is 29.4 Å². The summed E-state index contributed by atoms with van der Waals surface area (Å²) in [4.78, 5) is 9.98. The van der Waals surface area contributed by atoms with Crippen molar-refractivity contribution in [3.05, 3.63) is 65.7 Å². The molecule has 2 aliphatic heterocycles. The van der Waals surface area contributed by atoms with Crippen molar-refractivity contribution < 1.29 is 18.6 Å². The maximum atomic E-state index is 6.93. The second kappa shape index (κ2) is 13.4. The van der Waals surface area contributed by atoms with Crippen LogP contribution in [0.25, 0.3) is 33.5 Å². The molecule has 0 saturated carbocycles. The third kappa shape index (κ3) is 7.54. The molecule has 2 saturated heterocycles. The van der Waals surface area contributed by atoms with Crippen LogP contribution in [0.5, 0.6) is 0 Å². The Balaban J connectivity index is 1.26. The van der Waals surface area contributed by atoms with Crippen LogP contribution in [0.1, 0.15) is 20.8 Å². The summed E-state index contributed by atoms with van der Waals surface area (Å²) in [7, 11) is -3.23. The van der Waals surface area contributed by atoms with Crippen LogP contribution >= 0.6 is 11.6 Å². The fraction of sp³-hybridized carbons (Fsp3) is 0.500. The summed E-state index contributed by atoms with van der Waals surface area (Å²) >= 11 is 6.93. The third-order valence-electron chi connectivity index (χ3n) is 9.75. The predicted molar refractivity (Wildman–Crippen MR) is 196 cm³/mol. The van der Waals surface area contributed by atoms with Crippen LogP contribution in [0.4, 0.5) is 5.95 Å². The number of hydrogen-bond acceptors (Lipinski definition) is 7. The van der Waals surface area contributed by atoms with E-state index in [0.717, 1.165) is 22.7 Å². The number of rotatable bonds is 11. The Morgan fingerprint density at radius 3 is 2.23 bits per heavy atom. The molecule has 6 rings (SSSR count). The number of nitrogens with one attached hydrogen (secondary N) is 1. The molecule has 1 N–H and O–H groups in total. The van der Waals surface area contributed by atoms with E-state index in [9.17, 15) is 0 Å². The SMILES string of the molecule is CC(C)(C)[Si](C)(C)O[C@@H]1CO[C@@H]2C(Nc3nc4nc(-c5ccc(-c6ccccc6)cc5)c(Cl)cc4n3COCC[Si](C)(C)C)CO[C@@H]21. The molecular formula is C36H49ClN4O4Si2. The zero-order chi connectivity index (χ0) is 33.6. The minimum atomic E-state index is -1.98. The number of halogens is 1. The van der Waals surface area contributed by atoms with Gasteiger partial charge in [-0.1, -0.05) is 107 Å². The standard InChI is InChI=1S/C36H49ClN4O4Si2/c1-36(2,3)47(7,8)45-30-22-44-32-28(21-43-33(30)32)38-35-40-34-29(41(35)23-42-18-19-46(4,5)6)20-27(37)31(39-34)26-16-14-25(15-17-26)24-12-10-9-11-13-24/h9-17,20,28,30,32-33H,18-19,21-23H2,1-8H3,(H,38,39,40)/t28?,30-,32-,33-/m1/s1. The molecule has 0 aliphatic carbocycles. The smallest absolute Gasteiger partial charge is 0.207 e. The van der Waals surface area contributed by atoms with Crippen molar-refractivity contribution in [2.75, 3.05) is 25.1 Å². The Bertz CT molecular complexity index is 1690. The van der Waals surface area contributed by atoms with E-state index in [1.807, 2.05) is 28.8 Å². The molecule has 4 atom stereocenters. The Morgan fingerprint density at radius 2 is 1.55 bits per heavy atom. The minimum Gasteiger partial charge on any atom is -0.409 e. The largest absolute Gasteiger partial charge is 0.409 e. The van der Waals surface area contributed by atoms with Gasteiger partial charge in [0, 0.05) is 20.2 Å². The van der Waals surface area contributed by atoms with Gasteiger partial charge in [0.2, 0.25) is 5.95 Å². The van der Waals surface area contributed by atoms with Crippen molar-refractivity contribution in [1.82, 2.24) is 14.5 Å². The van der Waals surface area contributed by atoms with Crippen LogP contribution in [-0.4, -0.2) is 75.1 Å². The fourth-order valence-corrected chi connectivity index (χ4v) is 8.19. The molecule has 4 aromatic rings. The van der Waals surface area contributed by atoms with Crippen LogP contribution in [0.2, 0.25) is 48.8 Å². The molecule has 2 aromatic carbocycles. The zero-order valence-electron chi connectivity index (χ0n) is 29.0. The summed E-state index contributed by atoms with van der Waals surface area (Å²) in [5, 5.41) is 4.32. The van der Waals surface area contributed by atoms with Crippen LogP contribution < -0.4 is 5.32 Å². The van der Waals surface area contributed by atoms with E-state index in [0.29, 0.717) is 48.9 Å². The fourth-order valence-electron chi connectivity index (χ4n) is 5.86. The molecule has 2 aromatic heterocycles. The van der Waals surface area contributed by atoms with E-state index in [1.54, 1.807) is 0 Å². The molecule has 2 fully saturated rings. The number of pyridine rings is 1. The van der Waals surface area contributed by atoms with Crippen molar-refractivity contribution in [2.45, 2.75) is 95.7 Å². The summed E-state index contributed by atoms with van der Waals surface area (Å²) in [6.07, 6.45) is -0.334. The number of ether oxygens (including phenoxy) is 3. The Labute approximate surface area is 286 Å². The van der Waals surface area contributed by atoms with Gasteiger partial charge in [-0.15, -0.1) is 0 Å². The lowest BCUT2D eigenvalue weighted by molar-refractivity contribution is 0.0243. The van der Waals surface area contributed by atoms with Gasteiger partial charge >= 0.3 is 0 Å². The van der Waals surface area contributed by atoms with E-state index in [2.05, 4.69) is 95.2 Å². The first-order valence-electron chi connectivity index (χ1n) is 16.7. The highest BCUT2D eigenvalue weighted by molar-refractivity contribution is 6.76. The molecule has 0 spiro atoms. The maximum absolute atomic E-state index is 6.93. The number of anilines is 1. The number of imidazole rings is 1. The van der Waals surface area contributed by atoms with Gasteiger partial charge in [-0.2, -0.15) is 4.98 Å². The predicted octanol–water partition coefficient (Wildman–Crippen LogP) is 8.70. The van der Waals surface area contributed by atoms with Crippen LogP contribution in [0.3, 0.4) is 0 Å². The molecular weight excluding hydrogens is 644 g/mol. The summed E-state index contributed by atoms with van der Waals surface area (Å²) in [5.74, 6) is 0.666. The molecule has 47 heavy (non-hydrogen) atoms. The molecule has 8 nitrogen and oxygen atoms in total. The normalized spacial score (nSPS) is 21.8. The molecule has 2 aliphatic rings. The van der Waals surface area contributed by atoms with Gasteiger partial charge in [0.25, 0.3) is 0 Å². The number of nitrogens with zero attached hydrogens (tertiary/aromatic N) is 3. The highest BCUT2D eigenvalue weighted by atomic mass is 35.5. The van der Waals surface area contributed by atoms with E-state index in [4.69, 9.17) is 40.2 Å². The zero-order valence-corrected chi connectivity index (χ0v) is 31.7. The van der Waals surface area contributed by atoms with Gasteiger partial charge in [-0.25, -0.2) is 4.98 Å². The van der Waals surface area contributed by atoms with Gasteiger partial charge in [-0.05, 0) is 41.4 Å². The van der Waals surface area contributed by atoms with Gasteiger partial charge in [0.15, 0.2) is 14.0 Å². The summed E-state index contributed by atoms with van der Waals surface area (Å²) in [5.41, 5.74) is 5.36. The highest BCUT2D eigenvalue weighted by Crippen LogP contribution is 2.41. The highest BCUT2D eigenvalue weighted by Gasteiger charge is 2.51. The number of benzene rings is 2. The Morgan fingerprint density at radius 1 is 0.894 bits per heavy atom. The molecule has 0 bridgehead atoms. The molecule has 11 heteroatoms. The second-order valence-electron chi connectivity index (χ2n) is 15.6. The van der Waals surface area contributed by atoms with Crippen LogP contribution in [0.15, 0.2) is 60.7 Å². The van der Waals surface area contributed by atoms with Gasteiger partial charge < -0.3 is 24.0 Å². The van der Waals surface area contributed by atoms with Crippen molar-refractivity contribution in [3.8, 4) is 22.4 Å². The monoisotopic (exact) mass is 692 g/mol. The Hall–Kier alpha value is -2.58. The Kier molecular flexibility index (Phi) is 9.76. The first kappa shape index (κ1) is 34.3. The second-order valence-corrected chi connectivity index (χ2v) is 26.4. The lowest BCUT2D eigenvalue weighted by atomic mass is 10.0. The van der Waals surface area contributed by atoms with Crippen molar-refractivity contribution in [3.63, 3.8) is 0 Å². The number of hydrogen-bond donors (Lipinski definition) is 1. The number of fused-ring (bicyclic) bond motifs is 2. The minimum absolute atomic E-state index is 0.0762. The van der Waals surface area contributed by atoms with Gasteiger partial charge in [-0.3, -0.25) is 4.57 Å². The quantitative estimate of drug-likeness (QED) is 0.124. The van der Waals surface area contributed by atoms with Crippen molar-refractivity contribution in [2.24, 2.45) is 0 Å². The summed E-state index contributed by atoms with van der Waals surface area (Å²) < 4.78 is 27.7. The van der Waals surface area contributed by atoms with Gasteiger partial charge in [0.1, 0.15) is 18.9 Å². The van der Waals surface area contributed by atoms with E-state index in [1.165, 1.54) is 5.56 Å². The van der Waals surface area contributed by atoms with Crippen molar-refractivity contribution in [1.29, 1.82) is 0 Å². The molecule has 4 heterocycles. The molecule has 252 valence electrons. The summed E-state index contributed by atoms with van der Waals surface area (Å²) in [6.45, 7) is 20.4. The molecule has 0 amide bonds. The lowest BCUT2D eigenvalue weighted by Gasteiger charge is -2.39. The summed E-state index contributed by atoms with van der Waals surface area (Å²) in [6, 6.07) is 21.6. The third-order valence-corrected chi connectivity index (χ3v) is 16.2. The molecule has 0 radical (unpaired) electrons. The topological polar surface area (TPSA) is 79.7 Å².